The molecule has 0 aliphatic carbocycles. The number of nitrogens with one attached hydrogen (secondary N) is 1. The molecule has 3 amide bonds. The minimum Gasteiger partial charge on any atom is -0.443 e. The van der Waals surface area contributed by atoms with Crippen LogP contribution in [-0.2, 0) is 20.9 Å². The Bertz CT molecular complexity index is 535. The van der Waals surface area contributed by atoms with Gasteiger partial charge in [-0.15, -0.1) is 11.8 Å². The average molecular weight is 308 g/mol. The molecule has 1 unspecified atom stereocenters. The van der Waals surface area contributed by atoms with Gasteiger partial charge in [0.25, 0.3) is 5.91 Å². The first-order valence-corrected chi connectivity index (χ1v) is 7.62. The summed E-state index contributed by atoms with van der Waals surface area (Å²) in [6.45, 7) is 1.99. The molecule has 1 N–H and O–H groups in total. The summed E-state index contributed by atoms with van der Waals surface area (Å²) in [6, 6.07) is 9.14. The predicted octanol–water partition coefficient (Wildman–Crippen LogP) is 1.71. The van der Waals surface area contributed by atoms with Crippen LogP contribution in [0.2, 0.25) is 0 Å². The quantitative estimate of drug-likeness (QED) is 0.838. The largest absolute Gasteiger partial charge is 0.443 e. The van der Waals surface area contributed by atoms with Crippen molar-refractivity contribution in [2.45, 2.75) is 25.2 Å². The monoisotopic (exact) mass is 308 g/mol. The summed E-state index contributed by atoms with van der Waals surface area (Å²) in [5.74, 6) is -0.0817. The molecular weight excluding hydrogens is 292 g/mol. The third-order valence-corrected chi connectivity index (χ3v) is 3.99. The number of hydrogen-bond donors (Lipinski definition) is 1. The van der Waals surface area contributed by atoms with Gasteiger partial charge in [-0.1, -0.05) is 37.3 Å². The zero-order chi connectivity index (χ0) is 15.2. The number of benzene rings is 1. The first-order chi connectivity index (χ1) is 10.1. The van der Waals surface area contributed by atoms with E-state index >= 15 is 0 Å². The van der Waals surface area contributed by atoms with Crippen LogP contribution >= 0.6 is 11.8 Å². The van der Waals surface area contributed by atoms with Gasteiger partial charge in [0, 0.05) is 6.42 Å². The number of rotatable bonds is 5. The molecule has 1 fully saturated rings. The highest BCUT2D eigenvalue weighted by atomic mass is 32.2. The van der Waals surface area contributed by atoms with Crippen LogP contribution in [0.15, 0.2) is 30.3 Å². The van der Waals surface area contributed by atoms with Crippen LogP contribution in [0.3, 0.4) is 0 Å². The van der Waals surface area contributed by atoms with E-state index in [0.717, 1.165) is 16.3 Å². The van der Waals surface area contributed by atoms with Gasteiger partial charge < -0.3 is 4.74 Å². The Labute approximate surface area is 126 Å². The number of imide groups is 1. The summed E-state index contributed by atoms with van der Waals surface area (Å²) < 4.78 is 4.98. The normalized spacial score (nSPS) is 18.0. The molecule has 1 aromatic carbocycles. The SMILES string of the molecule is CCSC1CC(=O)N(NC(=O)OCc2ccccc2)C1=O. The van der Waals surface area contributed by atoms with Crippen LogP contribution in [0, 0.1) is 0 Å². The summed E-state index contributed by atoms with van der Waals surface area (Å²) in [5.41, 5.74) is 3.02. The minimum atomic E-state index is -0.817. The topological polar surface area (TPSA) is 75.7 Å². The number of hydrazine groups is 1. The van der Waals surface area contributed by atoms with Gasteiger partial charge in [0.15, 0.2) is 0 Å². The molecule has 1 atom stereocenters. The maximum absolute atomic E-state index is 11.9. The molecule has 6 nitrogen and oxygen atoms in total. The van der Waals surface area contributed by atoms with Gasteiger partial charge in [-0.05, 0) is 11.3 Å². The third-order valence-electron chi connectivity index (χ3n) is 2.89. The second-order valence-corrected chi connectivity index (χ2v) is 5.87. The molecule has 21 heavy (non-hydrogen) atoms. The molecule has 0 radical (unpaired) electrons. The van der Waals surface area contributed by atoms with E-state index < -0.39 is 23.2 Å². The fraction of sp³-hybridized carbons (Fsp3) is 0.357. The second kappa shape index (κ2) is 7.12. The van der Waals surface area contributed by atoms with E-state index in [1.807, 2.05) is 37.3 Å². The highest BCUT2D eigenvalue weighted by Gasteiger charge is 2.40. The lowest BCUT2D eigenvalue weighted by Crippen LogP contribution is -2.46. The minimum absolute atomic E-state index is 0.0794. The van der Waals surface area contributed by atoms with Crippen molar-refractivity contribution in [1.82, 2.24) is 10.4 Å². The third kappa shape index (κ3) is 3.98. The van der Waals surface area contributed by atoms with Gasteiger partial charge in [-0.2, -0.15) is 5.01 Å². The summed E-state index contributed by atoms with van der Waals surface area (Å²) in [7, 11) is 0. The smallest absolute Gasteiger partial charge is 0.426 e. The molecule has 0 aromatic heterocycles. The summed E-state index contributed by atoms with van der Waals surface area (Å²) >= 11 is 1.39. The lowest BCUT2D eigenvalue weighted by molar-refractivity contribution is -0.141. The zero-order valence-corrected chi connectivity index (χ0v) is 12.4. The van der Waals surface area contributed by atoms with E-state index in [1.165, 1.54) is 11.8 Å². The number of carbonyl (C=O) groups is 3. The number of amides is 3. The average Bonchev–Trinajstić information content (AvgIpc) is 2.74. The molecular formula is C14H16N2O4S. The van der Waals surface area contributed by atoms with E-state index in [2.05, 4.69) is 5.43 Å². The zero-order valence-electron chi connectivity index (χ0n) is 11.6. The fourth-order valence-corrected chi connectivity index (χ4v) is 2.81. The standard InChI is InChI=1S/C14H16N2O4S/c1-2-21-11-8-12(17)16(13(11)18)15-14(19)20-9-10-6-4-3-5-7-10/h3-7,11H,2,8-9H2,1H3,(H,15,19). The Kier molecular flexibility index (Phi) is 5.21. The lowest BCUT2D eigenvalue weighted by atomic mass is 10.2. The van der Waals surface area contributed by atoms with Gasteiger partial charge in [-0.3, -0.25) is 9.59 Å². The summed E-state index contributed by atoms with van der Waals surface area (Å²) in [4.78, 5) is 35.3. The summed E-state index contributed by atoms with van der Waals surface area (Å²) in [5, 5.41) is 0.331. The van der Waals surface area contributed by atoms with E-state index in [1.54, 1.807) is 0 Å². The van der Waals surface area contributed by atoms with E-state index in [4.69, 9.17) is 4.74 Å². The van der Waals surface area contributed by atoms with Crippen molar-refractivity contribution in [3.63, 3.8) is 0 Å². The van der Waals surface area contributed by atoms with Crippen LogP contribution in [0.25, 0.3) is 0 Å². The first-order valence-electron chi connectivity index (χ1n) is 6.57. The Morgan fingerprint density at radius 1 is 1.38 bits per heavy atom. The maximum Gasteiger partial charge on any atom is 0.426 e. The van der Waals surface area contributed by atoms with Crippen LogP contribution in [-0.4, -0.2) is 33.9 Å². The molecule has 0 saturated carbocycles. The number of nitrogens with zero attached hydrogens (tertiary/aromatic N) is 1. The van der Waals surface area contributed by atoms with Gasteiger partial charge >= 0.3 is 6.09 Å². The fourth-order valence-electron chi connectivity index (χ4n) is 1.90. The van der Waals surface area contributed by atoms with Crippen LogP contribution in [0.4, 0.5) is 4.79 Å². The Hall–Kier alpha value is -2.02. The number of thioether (sulfide) groups is 1. The molecule has 7 heteroatoms. The van der Waals surface area contributed by atoms with Gasteiger partial charge in [0.05, 0.1) is 5.25 Å². The van der Waals surface area contributed by atoms with Crippen LogP contribution in [0.5, 0.6) is 0 Å². The number of ether oxygens (including phenoxy) is 1. The van der Waals surface area contributed by atoms with Crippen molar-refractivity contribution >= 4 is 29.7 Å². The van der Waals surface area contributed by atoms with Crippen molar-refractivity contribution in [3.8, 4) is 0 Å². The molecule has 1 aliphatic heterocycles. The molecule has 0 bridgehead atoms. The molecule has 0 spiro atoms. The van der Waals surface area contributed by atoms with Gasteiger partial charge in [0.1, 0.15) is 6.61 Å². The van der Waals surface area contributed by atoms with Gasteiger partial charge in [0.2, 0.25) is 5.91 Å². The Balaban J connectivity index is 1.85. The molecule has 1 heterocycles. The molecule has 1 aromatic rings. The predicted molar refractivity (Wildman–Crippen MR) is 78.2 cm³/mol. The van der Waals surface area contributed by atoms with Crippen molar-refractivity contribution in [3.05, 3.63) is 35.9 Å². The molecule has 1 aliphatic rings. The van der Waals surface area contributed by atoms with Crippen LogP contribution < -0.4 is 5.43 Å². The van der Waals surface area contributed by atoms with Crippen molar-refractivity contribution < 1.29 is 19.1 Å². The highest BCUT2D eigenvalue weighted by molar-refractivity contribution is 8.00. The Morgan fingerprint density at radius 2 is 2.10 bits per heavy atom. The van der Waals surface area contributed by atoms with E-state index in [-0.39, 0.29) is 13.0 Å². The number of hydrogen-bond acceptors (Lipinski definition) is 5. The Morgan fingerprint density at radius 3 is 2.76 bits per heavy atom. The molecule has 1 saturated heterocycles. The van der Waals surface area contributed by atoms with E-state index in [0.29, 0.717) is 0 Å². The van der Waals surface area contributed by atoms with Crippen molar-refractivity contribution in [2.24, 2.45) is 0 Å². The van der Waals surface area contributed by atoms with Crippen LogP contribution in [0.1, 0.15) is 18.9 Å². The van der Waals surface area contributed by atoms with Crippen molar-refractivity contribution in [2.75, 3.05) is 5.75 Å². The van der Waals surface area contributed by atoms with Gasteiger partial charge in [-0.25, -0.2) is 10.2 Å². The second-order valence-electron chi connectivity index (χ2n) is 4.39. The van der Waals surface area contributed by atoms with Crippen molar-refractivity contribution in [1.29, 1.82) is 0 Å². The maximum atomic E-state index is 11.9. The molecule has 2 rings (SSSR count). The first kappa shape index (κ1) is 15.4. The number of carbonyl (C=O) groups excluding carboxylic acids is 3. The highest BCUT2D eigenvalue weighted by Crippen LogP contribution is 2.23. The lowest BCUT2D eigenvalue weighted by Gasteiger charge is -2.15. The summed E-state index contributed by atoms with van der Waals surface area (Å²) in [6.07, 6.45) is -0.709. The molecule has 112 valence electrons. The van der Waals surface area contributed by atoms with E-state index in [9.17, 15) is 14.4 Å².